The standard InChI is InChI=1S/C54H63N11O18/c55-37(25-66)47(75)65-44(26-67)53(81)63-41(20-31-7-15-36(71)16-8-31)50(78)61-40(19-30-5-13-35(70)14-6-30)51(79)64-42(21-32-23-56-27-58-32)52(80)62-39(18-29-3-11-34(69)12-4-29)49(77)60-38(17-28-1-9-33(68)10-2-28)48(76)57-24-45(72)59-43(54(82)83)22-46(73)74/h1-16,23,27,37-44,66-71H,17-22,24-26,55H2,(H,56,58)(H,57,76)(H,59,72)(H,60,77)(H,61,78)(H,62,80)(H,63,81)(H,64,79)(H,65,75)(H,73,74)(H,82,83)/t37-,38-,39-,40-,41-,42-,43-,44-/m0/s1. The maximum Gasteiger partial charge on any atom is 0.326 e. The molecule has 1 aromatic heterocycles. The molecule has 0 spiro atoms. The van der Waals surface area contributed by atoms with Gasteiger partial charge in [0.05, 0.1) is 32.5 Å². The third-order valence-corrected chi connectivity index (χ3v) is 12.4. The van der Waals surface area contributed by atoms with E-state index in [4.69, 9.17) is 10.8 Å². The molecule has 0 saturated heterocycles. The zero-order valence-electron chi connectivity index (χ0n) is 44.1. The van der Waals surface area contributed by atoms with E-state index in [1.807, 2.05) is 5.32 Å². The first-order chi connectivity index (χ1) is 39.5. The van der Waals surface area contributed by atoms with Crippen molar-refractivity contribution in [2.75, 3.05) is 19.8 Å². The number of amides is 8. The third kappa shape index (κ3) is 20.8. The van der Waals surface area contributed by atoms with E-state index in [9.17, 15) is 83.7 Å². The van der Waals surface area contributed by atoms with Crippen LogP contribution in [0.1, 0.15) is 34.4 Å². The summed E-state index contributed by atoms with van der Waals surface area (Å²) in [5.74, 6) is -12.1. The molecule has 1 heterocycles. The van der Waals surface area contributed by atoms with Crippen LogP contribution < -0.4 is 48.3 Å². The smallest absolute Gasteiger partial charge is 0.326 e. The summed E-state index contributed by atoms with van der Waals surface area (Å²) in [6, 6.07) is 8.77. The number of carbonyl (C=O) groups is 10. The Balaban J connectivity index is 1.47. The fourth-order valence-corrected chi connectivity index (χ4v) is 7.96. The highest BCUT2D eigenvalue weighted by Gasteiger charge is 2.35. The van der Waals surface area contributed by atoms with Crippen LogP contribution in [0, 0.1) is 0 Å². The summed E-state index contributed by atoms with van der Waals surface area (Å²) in [5.41, 5.74) is 7.31. The van der Waals surface area contributed by atoms with Crippen LogP contribution in [-0.2, 0) is 80.0 Å². The van der Waals surface area contributed by atoms with Gasteiger partial charge in [-0.1, -0.05) is 48.5 Å². The largest absolute Gasteiger partial charge is 0.508 e. The van der Waals surface area contributed by atoms with E-state index in [1.54, 1.807) is 0 Å². The summed E-state index contributed by atoms with van der Waals surface area (Å²) in [4.78, 5) is 141. The van der Waals surface area contributed by atoms with Crippen LogP contribution in [0.4, 0.5) is 0 Å². The number of hydrogen-bond donors (Lipinski definition) is 18. The number of phenols is 4. The number of phenolic OH excluding ortho intramolecular Hbond substituents is 4. The van der Waals surface area contributed by atoms with Gasteiger partial charge in [-0.2, -0.15) is 0 Å². The van der Waals surface area contributed by atoms with Crippen molar-refractivity contribution in [2.45, 2.75) is 86.9 Å². The monoisotopic (exact) mass is 1150 g/mol. The van der Waals surface area contributed by atoms with Gasteiger partial charge in [-0.25, -0.2) is 9.78 Å². The number of H-pyrrole nitrogens is 1. The Kier molecular flexibility index (Phi) is 23.8. The average Bonchev–Trinajstić information content (AvgIpc) is 4.14. The second-order valence-electron chi connectivity index (χ2n) is 18.9. The number of aromatic amines is 1. The minimum absolute atomic E-state index is 0.137. The van der Waals surface area contributed by atoms with Crippen molar-refractivity contribution in [1.29, 1.82) is 0 Å². The van der Waals surface area contributed by atoms with Crippen molar-refractivity contribution in [2.24, 2.45) is 5.73 Å². The molecule has 19 N–H and O–H groups in total. The Morgan fingerprint density at radius 3 is 1.08 bits per heavy atom. The second kappa shape index (κ2) is 31.0. The molecule has 0 unspecified atom stereocenters. The molecule has 8 atom stereocenters. The summed E-state index contributed by atoms with van der Waals surface area (Å²) in [5, 5.41) is 97.2. The fraction of sp³-hybridized carbons (Fsp3) is 0.315. The summed E-state index contributed by atoms with van der Waals surface area (Å²) in [6.45, 7) is -2.68. The number of hydrogen-bond acceptors (Lipinski definition) is 18. The predicted molar refractivity (Wildman–Crippen MR) is 288 cm³/mol. The predicted octanol–water partition coefficient (Wildman–Crippen LogP) is -3.87. The molecule has 0 aliphatic rings. The molecule has 29 nitrogen and oxygen atoms in total. The molecule has 4 aromatic carbocycles. The van der Waals surface area contributed by atoms with Crippen LogP contribution in [-0.4, -0.2) is 178 Å². The molecule has 8 amide bonds. The highest BCUT2D eigenvalue weighted by molar-refractivity contribution is 5.98. The minimum Gasteiger partial charge on any atom is -0.508 e. The summed E-state index contributed by atoms with van der Waals surface area (Å²) < 4.78 is 0. The number of aliphatic hydroxyl groups excluding tert-OH is 2. The average molecular weight is 1150 g/mol. The minimum atomic E-state index is -1.86. The van der Waals surface area contributed by atoms with Crippen molar-refractivity contribution in [3.05, 3.63) is 138 Å². The molecule has 0 saturated carbocycles. The Morgan fingerprint density at radius 1 is 0.434 bits per heavy atom. The highest BCUT2D eigenvalue weighted by Crippen LogP contribution is 2.17. The fourth-order valence-electron chi connectivity index (χ4n) is 7.96. The summed E-state index contributed by atoms with van der Waals surface area (Å²) in [7, 11) is 0. The van der Waals surface area contributed by atoms with E-state index in [0.29, 0.717) is 22.3 Å². The highest BCUT2D eigenvalue weighted by atomic mass is 16.4. The Morgan fingerprint density at radius 2 is 0.771 bits per heavy atom. The van der Waals surface area contributed by atoms with Gasteiger partial charge in [-0.05, 0) is 70.8 Å². The lowest BCUT2D eigenvalue weighted by Crippen LogP contribution is -2.61. The molecule has 0 fully saturated rings. The lowest BCUT2D eigenvalue weighted by molar-refractivity contribution is -0.147. The quantitative estimate of drug-likeness (QED) is 0.0202. The number of carboxylic acid groups (broad SMARTS) is 2. The number of aliphatic carboxylic acids is 2. The summed E-state index contributed by atoms with van der Waals surface area (Å²) in [6.07, 6.45) is 0.00476. The zero-order chi connectivity index (χ0) is 60.8. The van der Waals surface area contributed by atoms with E-state index in [-0.39, 0.29) is 60.8 Å². The number of carbonyl (C=O) groups excluding carboxylic acids is 8. The van der Waals surface area contributed by atoms with Crippen LogP contribution in [0.15, 0.2) is 110 Å². The van der Waals surface area contributed by atoms with Gasteiger partial charge in [0.1, 0.15) is 71.3 Å². The third-order valence-electron chi connectivity index (χ3n) is 12.4. The van der Waals surface area contributed by atoms with Crippen molar-refractivity contribution in [3.63, 3.8) is 0 Å². The number of nitrogens with one attached hydrogen (secondary N) is 9. The van der Waals surface area contributed by atoms with Crippen LogP contribution >= 0.6 is 0 Å². The molecule has 83 heavy (non-hydrogen) atoms. The zero-order valence-corrected chi connectivity index (χ0v) is 44.1. The van der Waals surface area contributed by atoms with Crippen LogP contribution in [0.2, 0.25) is 0 Å². The molecular weight excluding hydrogens is 1090 g/mol. The number of nitrogens with zero attached hydrogens (tertiary/aromatic N) is 1. The maximum atomic E-state index is 14.8. The summed E-state index contributed by atoms with van der Waals surface area (Å²) >= 11 is 0. The second-order valence-corrected chi connectivity index (χ2v) is 18.9. The van der Waals surface area contributed by atoms with Crippen LogP contribution in [0.5, 0.6) is 23.0 Å². The van der Waals surface area contributed by atoms with Crippen molar-refractivity contribution >= 4 is 59.2 Å². The van der Waals surface area contributed by atoms with Crippen LogP contribution in [0.3, 0.4) is 0 Å². The van der Waals surface area contributed by atoms with Gasteiger partial charge in [0.25, 0.3) is 0 Å². The first-order valence-electron chi connectivity index (χ1n) is 25.4. The van der Waals surface area contributed by atoms with Gasteiger partial charge in [0, 0.05) is 44.0 Å². The van der Waals surface area contributed by atoms with E-state index in [2.05, 4.69) is 47.2 Å². The van der Waals surface area contributed by atoms with E-state index in [0.717, 1.165) is 0 Å². The Bertz CT molecular complexity index is 3040. The number of rotatable bonds is 31. The van der Waals surface area contributed by atoms with Gasteiger partial charge in [-0.15, -0.1) is 0 Å². The first-order valence-corrected chi connectivity index (χ1v) is 25.4. The Labute approximate surface area is 472 Å². The van der Waals surface area contributed by atoms with E-state index in [1.165, 1.54) is 110 Å². The lowest BCUT2D eigenvalue weighted by atomic mass is 10.0. The maximum absolute atomic E-state index is 14.8. The number of aliphatic hydroxyl groups is 2. The molecule has 29 heteroatoms. The van der Waals surface area contributed by atoms with Crippen molar-refractivity contribution < 1.29 is 88.8 Å². The first kappa shape index (κ1) is 63.7. The number of imidazole rings is 1. The lowest BCUT2D eigenvalue weighted by Gasteiger charge is -2.28. The molecule has 0 aliphatic heterocycles. The number of carboxylic acids is 2. The van der Waals surface area contributed by atoms with Crippen LogP contribution in [0.25, 0.3) is 0 Å². The number of nitrogens with two attached hydrogens (primary N) is 1. The molecule has 442 valence electrons. The molecular formula is C54H63N11O18. The number of aromatic nitrogens is 2. The topological polar surface area (TPSA) is 483 Å². The molecule has 5 aromatic rings. The van der Waals surface area contributed by atoms with Gasteiger partial charge in [0.2, 0.25) is 47.3 Å². The number of aromatic hydroxyl groups is 4. The van der Waals surface area contributed by atoms with Crippen molar-refractivity contribution in [1.82, 2.24) is 52.5 Å². The molecule has 0 bridgehead atoms. The SMILES string of the molecule is N[C@@H](CO)C(=O)N[C@@H](CO)C(=O)N[C@@H](Cc1ccc(O)cc1)C(=O)N[C@@H](Cc1ccc(O)cc1)C(=O)N[C@@H](Cc1cnc[nH]1)C(=O)N[C@@H](Cc1ccc(O)cc1)C(=O)N[C@@H](Cc1ccc(O)cc1)C(=O)NCC(=O)N[C@@H](CC(=O)O)C(=O)O. The molecule has 5 rings (SSSR count). The Hall–Kier alpha value is -10.1. The van der Waals surface area contributed by atoms with E-state index >= 15 is 0 Å². The molecule has 0 aliphatic carbocycles. The van der Waals surface area contributed by atoms with Crippen molar-refractivity contribution in [3.8, 4) is 23.0 Å². The van der Waals surface area contributed by atoms with Gasteiger partial charge < -0.3 is 94.1 Å². The van der Waals surface area contributed by atoms with E-state index < -0.39 is 134 Å². The number of benzene rings is 4. The normalized spacial score (nSPS) is 13.8. The van der Waals surface area contributed by atoms with Gasteiger partial charge in [-0.3, -0.25) is 43.2 Å². The van der Waals surface area contributed by atoms with Gasteiger partial charge in [0.15, 0.2) is 0 Å². The van der Waals surface area contributed by atoms with Gasteiger partial charge >= 0.3 is 11.9 Å². The molecule has 0 radical (unpaired) electrons.